The van der Waals surface area contributed by atoms with Crippen molar-refractivity contribution in [3.8, 4) is 0 Å². The number of hydrogen-bond acceptors (Lipinski definition) is 5. The molecular formula is C18H27N3O3S. The fourth-order valence-corrected chi connectivity index (χ4v) is 4.48. The normalized spacial score (nSPS) is 22.5. The first kappa shape index (κ1) is 18.4. The van der Waals surface area contributed by atoms with Crippen LogP contribution in [0, 0.1) is 6.92 Å². The van der Waals surface area contributed by atoms with Crippen molar-refractivity contribution in [3.63, 3.8) is 0 Å². The van der Waals surface area contributed by atoms with E-state index in [-0.39, 0.29) is 17.9 Å². The SMILES string of the molecule is COCCN1CC[C@H](N2CCCN(C(=O)c3ccc(C)s3)CC2)C1=O. The van der Waals surface area contributed by atoms with Gasteiger partial charge in [0.2, 0.25) is 5.91 Å². The number of ether oxygens (including phenoxy) is 1. The Kier molecular flexibility index (Phi) is 6.09. The van der Waals surface area contributed by atoms with Crippen LogP contribution in [0.4, 0.5) is 0 Å². The zero-order valence-electron chi connectivity index (χ0n) is 15.1. The van der Waals surface area contributed by atoms with Gasteiger partial charge in [0.05, 0.1) is 17.5 Å². The molecule has 25 heavy (non-hydrogen) atoms. The Hall–Kier alpha value is -1.44. The Morgan fingerprint density at radius 3 is 2.80 bits per heavy atom. The highest BCUT2D eigenvalue weighted by Gasteiger charge is 2.36. The van der Waals surface area contributed by atoms with Gasteiger partial charge in [-0.05, 0) is 31.9 Å². The van der Waals surface area contributed by atoms with E-state index in [9.17, 15) is 9.59 Å². The maximum absolute atomic E-state index is 12.7. The molecule has 2 amide bonds. The topological polar surface area (TPSA) is 53.1 Å². The Bertz CT molecular complexity index is 618. The Morgan fingerprint density at radius 2 is 2.08 bits per heavy atom. The lowest BCUT2D eigenvalue weighted by molar-refractivity contribution is -0.132. The van der Waals surface area contributed by atoms with Gasteiger partial charge in [0.25, 0.3) is 5.91 Å². The third-order valence-corrected chi connectivity index (χ3v) is 6.03. The molecule has 1 aromatic heterocycles. The lowest BCUT2D eigenvalue weighted by Crippen LogP contribution is -2.44. The lowest BCUT2D eigenvalue weighted by Gasteiger charge is -2.26. The van der Waals surface area contributed by atoms with Crippen molar-refractivity contribution in [2.75, 3.05) is 53.0 Å². The number of carbonyl (C=O) groups excluding carboxylic acids is 2. The van der Waals surface area contributed by atoms with Crippen LogP contribution in [0.1, 0.15) is 27.4 Å². The van der Waals surface area contributed by atoms with E-state index in [2.05, 4.69) is 4.90 Å². The largest absolute Gasteiger partial charge is 0.383 e. The molecule has 1 aromatic rings. The smallest absolute Gasteiger partial charge is 0.263 e. The molecule has 0 aromatic carbocycles. The Labute approximate surface area is 153 Å². The van der Waals surface area contributed by atoms with Gasteiger partial charge in [-0.2, -0.15) is 0 Å². The fraction of sp³-hybridized carbons (Fsp3) is 0.667. The first-order valence-electron chi connectivity index (χ1n) is 8.97. The number of thiophene rings is 1. The summed E-state index contributed by atoms with van der Waals surface area (Å²) >= 11 is 1.55. The molecule has 6 nitrogen and oxygen atoms in total. The number of nitrogens with zero attached hydrogens (tertiary/aromatic N) is 3. The molecule has 0 saturated carbocycles. The minimum atomic E-state index is -0.0316. The minimum Gasteiger partial charge on any atom is -0.383 e. The molecule has 1 atom stereocenters. The van der Waals surface area contributed by atoms with E-state index in [0.717, 1.165) is 48.8 Å². The maximum atomic E-state index is 12.7. The number of aryl methyl sites for hydroxylation is 1. The molecule has 0 aliphatic carbocycles. The van der Waals surface area contributed by atoms with Crippen LogP contribution in [-0.2, 0) is 9.53 Å². The molecule has 3 heterocycles. The van der Waals surface area contributed by atoms with Crippen molar-refractivity contribution in [2.24, 2.45) is 0 Å². The van der Waals surface area contributed by atoms with Crippen LogP contribution < -0.4 is 0 Å². The molecule has 0 N–H and O–H groups in total. The highest BCUT2D eigenvalue weighted by Crippen LogP contribution is 2.21. The summed E-state index contributed by atoms with van der Waals surface area (Å²) in [5, 5.41) is 0. The quantitative estimate of drug-likeness (QED) is 0.793. The van der Waals surface area contributed by atoms with Gasteiger partial charge in [-0.3, -0.25) is 14.5 Å². The van der Waals surface area contributed by atoms with Gasteiger partial charge >= 0.3 is 0 Å². The van der Waals surface area contributed by atoms with Crippen molar-refractivity contribution in [1.29, 1.82) is 0 Å². The number of likely N-dealkylation sites (tertiary alicyclic amines) is 1. The predicted molar refractivity (Wildman–Crippen MR) is 98.0 cm³/mol. The number of methoxy groups -OCH3 is 1. The minimum absolute atomic E-state index is 0.0316. The van der Waals surface area contributed by atoms with E-state index in [1.54, 1.807) is 18.4 Å². The van der Waals surface area contributed by atoms with Crippen molar-refractivity contribution < 1.29 is 14.3 Å². The second kappa shape index (κ2) is 8.29. The number of rotatable bonds is 5. The van der Waals surface area contributed by atoms with Gasteiger partial charge in [-0.25, -0.2) is 0 Å². The summed E-state index contributed by atoms with van der Waals surface area (Å²) in [6.45, 7) is 7.18. The van der Waals surface area contributed by atoms with Gasteiger partial charge in [-0.1, -0.05) is 0 Å². The summed E-state index contributed by atoms with van der Waals surface area (Å²) in [6.07, 6.45) is 1.79. The molecule has 138 valence electrons. The molecule has 0 unspecified atom stereocenters. The van der Waals surface area contributed by atoms with E-state index < -0.39 is 0 Å². The Morgan fingerprint density at radius 1 is 1.24 bits per heavy atom. The van der Waals surface area contributed by atoms with E-state index in [0.29, 0.717) is 19.7 Å². The third-order valence-electron chi connectivity index (χ3n) is 5.04. The van der Waals surface area contributed by atoms with Crippen molar-refractivity contribution in [1.82, 2.24) is 14.7 Å². The molecule has 2 aliphatic rings. The molecule has 0 radical (unpaired) electrons. The average molecular weight is 365 g/mol. The molecular weight excluding hydrogens is 338 g/mol. The molecule has 0 bridgehead atoms. The number of amides is 2. The van der Waals surface area contributed by atoms with Crippen LogP contribution in [0.15, 0.2) is 12.1 Å². The van der Waals surface area contributed by atoms with Gasteiger partial charge in [0.1, 0.15) is 0 Å². The summed E-state index contributed by atoms with van der Waals surface area (Å²) in [4.78, 5) is 33.3. The van der Waals surface area contributed by atoms with Gasteiger partial charge in [0.15, 0.2) is 0 Å². The lowest BCUT2D eigenvalue weighted by atomic mass is 10.2. The maximum Gasteiger partial charge on any atom is 0.263 e. The van der Waals surface area contributed by atoms with Crippen LogP contribution in [0.3, 0.4) is 0 Å². The summed E-state index contributed by atoms with van der Waals surface area (Å²) < 4.78 is 5.09. The second-order valence-electron chi connectivity index (χ2n) is 6.71. The van der Waals surface area contributed by atoms with Gasteiger partial charge in [-0.15, -0.1) is 11.3 Å². The fourth-order valence-electron chi connectivity index (χ4n) is 3.64. The highest BCUT2D eigenvalue weighted by atomic mass is 32.1. The van der Waals surface area contributed by atoms with E-state index >= 15 is 0 Å². The molecule has 2 saturated heterocycles. The van der Waals surface area contributed by atoms with Crippen LogP contribution in [0.25, 0.3) is 0 Å². The highest BCUT2D eigenvalue weighted by molar-refractivity contribution is 7.13. The van der Waals surface area contributed by atoms with Crippen LogP contribution >= 0.6 is 11.3 Å². The summed E-state index contributed by atoms with van der Waals surface area (Å²) in [5.74, 6) is 0.338. The van der Waals surface area contributed by atoms with Gasteiger partial charge in [0, 0.05) is 51.3 Å². The van der Waals surface area contributed by atoms with Crippen LogP contribution in [-0.4, -0.2) is 85.5 Å². The van der Waals surface area contributed by atoms with Crippen LogP contribution in [0.5, 0.6) is 0 Å². The molecule has 7 heteroatoms. The third kappa shape index (κ3) is 4.22. The number of hydrogen-bond donors (Lipinski definition) is 0. The molecule has 2 fully saturated rings. The Balaban J connectivity index is 1.57. The first-order valence-corrected chi connectivity index (χ1v) is 9.79. The van der Waals surface area contributed by atoms with E-state index in [1.807, 2.05) is 28.9 Å². The average Bonchev–Trinajstić information content (AvgIpc) is 3.10. The zero-order chi connectivity index (χ0) is 17.8. The summed E-state index contributed by atoms with van der Waals surface area (Å²) in [6, 6.07) is 3.88. The van der Waals surface area contributed by atoms with Gasteiger partial charge < -0.3 is 14.5 Å². The van der Waals surface area contributed by atoms with Crippen molar-refractivity contribution in [3.05, 3.63) is 21.9 Å². The zero-order valence-corrected chi connectivity index (χ0v) is 15.9. The predicted octanol–water partition coefficient (Wildman–Crippen LogP) is 1.45. The summed E-state index contributed by atoms with van der Waals surface area (Å²) in [7, 11) is 1.66. The molecule has 0 spiro atoms. The van der Waals surface area contributed by atoms with Crippen molar-refractivity contribution in [2.45, 2.75) is 25.8 Å². The van der Waals surface area contributed by atoms with E-state index in [1.165, 1.54) is 0 Å². The van der Waals surface area contributed by atoms with E-state index in [4.69, 9.17) is 4.74 Å². The summed E-state index contributed by atoms with van der Waals surface area (Å²) in [5.41, 5.74) is 0. The van der Waals surface area contributed by atoms with Crippen LogP contribution in [0.2, 0.25) is 0 Å². The molecule has 3 rings (SSSR count). The standard InChI is InChI=1S/C18H27N3O3S/c1-14-4-5-16(25-14)18(23)20-8-3-7-19(10-11-20)15-6-9-21(17(15)22)12-13-24-2/h4-5,15H,3,6-13H2,1-2H3/t15-/m0/s1. The molecule has 2 aliphatic heterocycles. The monoisotopic (exact) mass is 365 g/mol. The second-order valence-corrected chi connectivity index (χ2v) is 8.00. The van der Waals surface area contributed by atoms with Crippen molar-refractivity contribution >= 4 is 23.2 Å². The number of carbonyl (C=O) groups is 2. The first-order chi connectivity index (χ1) is 12.1.